The summed E-state index contributed by atoms with van der Waals surface area (Å²) in [7, 11) is -3.72. The molecule has 0 aliphatic carbocycles. The van der Waals surface area contributed by atoms with Gasteiger partial charge in [-0.15, -0.1) is 0 Å². The van der Waals surface area contributed by atoms with E-state index in [-0.39, 0.29) is 11.6 Å². The molecule has 26 heavy (non-hydrogen) atoms. The lowest BCUT2D eigenvalue weighted by atomic mass is 10.1. The molecule has 1 heterocycles. The Morgan fingerprint density at radius 2 is 1.96 bits per heavy atom. The summed E-state index contributed by atoms with van der Waals surface area (Å²) in [5.41, 5.74) is 6.08. The molecule has 1 aromatic carbocycles. The fourth-order valence-corrected chi connectivity index (χ4v) is 5.59. The van der Waals surface area contributed by atoms with E-state index in [1.54, 1.807) is 31.2 Å². The first kappa shape index (κ1) is 20.1. The van der Waals surface area contributed by atoms with E-state index in [4.69, 9.17) is 11.0 Å². The zero-order valence-electron chi connectivity index (χ0n) is 15.1. The Balaban J connectivity index is 2.53. The molecule has 1 amide bonds. The van der Waals surface area contributed by atoms with Crippen LogP contribution in [-0.2, 0) is 14.8 Å². The van der Waals surface area contributed by atoms with Crippen LogP contribution in [0, 0.1) is 17.2 Å². The van der Waals surface area contributed by atoms with Crippen molar-refractivity contribution >= 4 is 33.4 Å². The first-order valence-electron chi connectivity index (χ1n) is 7.99. The molecule has 2 rings (SSSR count). The molecule has 0 radical (unpaired) electrons. The number of rotatable bonds is 6. The monoisotopic (exact) mass is 394 g/mol. The van der Waals surface area contributed by atoms with E-state index in [0.717, 1.165) is 16.2 Å². The minimum absolute atomic E-state index is 0.00454. The summed E-state index contributed by atoms with van der Waals surface area (Å²) in [6.45, 7) is 6.30. The van der Waals surface area contributed by atoms with Crippen molar-refractivity contribution in [1.29, 1.82) is 5.26 Å². The Morgan fingerprint density at radius 3 is 2.38 bits per heavy atom. The molecule has 9 heteroatoms. The molecular formula is C17H22N4O3S2. The van der Waals surface area contributed by atoms with Crippen molar-refractivity contribution in [2.24, 2.45) is 11.7 Å². The van der Waals surface area contributed by atoms with Crippen molar-refractivity contribution in [2.75, 3.05) is 17.7 Å². The Bertz CT molecular complexity index is 870. The van der Waals surface area contributed by atoms with Crippen LogP contribution in [0.2, 0.25) is 0 Å². The molecule has 1 unspecified atom stereocenters. The van der Waals surface area contributed by atoms with Crippen molar-refractivity contribution in [3.8, 4) is 6.07 Å². The molecule has 0 spiro atoms. The summed E-state index contributed by atoms with van der Waals surface area (Å²) in [5, 5.41) is 8.99. The third-order valence-electron chi connectivity index (χ3n) is 3.78. The number of allylic oxidation sites excluding steroid dienone is 1. The number of amides is 1. The molecule has 0 bridgehead atoms. The van der Waals surface area contributed by atoms with Gasteiger partial charge in [0, 0.05) is 17.1 Å². The quantitative estimate of drug-likeness (QED) is 0.791. The highest BCUT2D eigenvalue weighted by atomic mass is 32.2. The van der Waals surface area contributed by atoms with E-state index in [2.05, 4.69) is 6.07 Å². The Kier molecular flexibility index (Phi) is 5.88. The highest BCUT2D eigenvalue weighted by Crippen LogP contribution is 2.42. The summed E-state index contributed by atoms with van der Waals surface area (Å²) < 4.78 is 25.9. The van der Waals surface area contributed by atoms with Gasteiger partial charge in [-0.1, -0.05) is 25.6 Å². The van der Waals surface area contributed by atoms with Gasteiger partial charge in [0.1, 0.15) is 5.70 Å². The van der Waals surface area contributed by atoms with Gasteiger partial charge in [-0.05, 0) is 37.1 Å². The first-order valence-corrected chi connectivity index (χ1v) is 10.7. The van der Waals surface area contributed by atoms with Gasteiger partial charge in [-0.25, -0.2) is 12.7 Å². The predicted molar refractivity (Wildman–Crippen MR) is 103 cm³/mol. The Hall–Kier alpha value is -2.18. The van der Waals surface area contributed by atoms with Gasteiger partial charge < -0.3 is 10.6 Å². The summed E-state index contributed by atoms with van der Waals surface area (Å²) in [6.07, 6.45) is 1.06. The number of benzene rings is 1. The zero-order valence-corrected chi connectivity index (χ0v) is 16.8. The number of nitrogens with two attached hydrogens (primary N) is 1. The maximum absolute atomic E-state index is 12.4. The van der Waals surface area contributed by atoms with Crippen LogP contribution in [-0.4, -0.2) is 36.9 Å². The van der Waals surface area contributed by atoms with Gasteiger partial charge in [0.2, 0.25) is 10.0 Å². The van der Waals surface area contributed by atoms with Gasteiger partial charge in [0.15, 0.2) is 5.50 Å². The standard InChI is InChI=1S/C17H22N4O3S2/c1-11(2)10-20(14-7-5-13(9-18)6-8-14)17-21(26(4,23)24)15(16(19)22)12(3)25-17/h5-8,11,17H,10H2,1-4H3,(H2,19,22). The Morgan fingerprint density at radius 1 is 1.38 bits per heavy atom. The lowest BCUT2D eigenvalue weighted by Gasteiger charge is -2.37. The van der Waals surface area contributed by atoms with E-state index >= 15 is 0 Å². The van der Waals surface area contributed by atoms with Crippen molar-refractivity contribution in [3.05, 3.63) is 40.4 Å². The fourth-order valence-electron chi connectivity index (χ4n) is 2.77. The van der Waals surface area contributed by atoms with Crippen LogP contribution in [0.15, 0.2) is 34.9 Å². The SMILES string of the molecule is CC1=C(C(N)=O)N(S(C)(=O)=O)C(N(CC(C)C)c2ccc(C#N)cc2)S1. The van der Waals surface area contributed by atoms with Crippen LogP contribution in [0.3, 0.4) is 0 Å². The maximum atomic E-state index is 12.4. The van der Waals surface area contributed by atoms with Crippen LogP contribution in [0.1, 0.15) is 26.3 Å². The summed E-state index contributed by atoms with van der Waals surface area (Å²) in [4.78, 5) is 14.3. The van der Waals surface area contributed by atoms with E-state index in [1.807, 2.05) is 18.7 Å². The number of anilines is 1. The van der Waals surface area contributed by atoms with Crippen LogP contribution in [0.25, 0.3) is 0 Å². The van der Waals surface area contributed by atoms with Crippen LogP contribution in [0.4, 0.5) is 5.69 Å². The molecule has 140 valence electrons. The van der Waals surface area contributed by atoms with E-state index in [0.29, 0.717) is 17.0 Å². The number of carbonyl (C=O) groups excluding carboxylic acids is 1. The lowest BCUT2D eigenvalue weighted by molar-refractivity contribution is -0.115. The van der Waals surface area contributed by atoms with E-state index in [9.17, 15) is 13.2 Å². The van der Waals surface area contributed by atoms with Gasteiger partial charge in [-0.2, -0.15) is 5.26 Å². The van der Waals surface area contributed by atoms with Gasteiger partial charge in [0.25, 0.3) is 5.91 Å². The molecule has 1 aliphatic rings. The number of thioether (sulfide) groups is 1. The number of nitrogens with zero attached hydrogens (tertiary/aromatic N) is 3. The Labute approximate surface area is 158 Å². The molecule has 1 aromatic rings. The summed E-state index contributed by atoms with van der Waals surface area (Å²) >= 11 is 1.28. The smallest absolute Gasteiger partial charge is 0.266 e. The number of hydrogen-bond donors (Lipinski definition) is 1. The molecule has 1 atom stereocenters. The van der Waals surface area contributed by atoms with Crippen LogP contribution in [0.5, 0.6) is 0 Å². The van der Waals surface area contributed by atoms with Crippen molar-refractivity contribution in [1.82, 2.24) is 4.31 Å². The van der Waals surface area contributed by atoms with Gasteiger partial charge in [-0.3, -0.25) is 4.79 Å². The van der Waals surface area contributed by atoms with E-state index in [1.165, 1.54) is 11.8 Å². The van der Waals surface area contributed by atoms with Crippen LogP contribution < -0.4 is 10.6 Å². The normalized spacial score (nSPS) is 17.5. The predicted octanol–water partition coefficient (Wildman–Crippen LogP) is 2.03. The lowest BCUT2D eigenvalue weighted by Crippen LogP contribution is -2.49. The molecule has 0 aromatic heterocycles. The molecule has 7 nitrogen and oxygen atoms in total. The van der Waals surface area contributed by atoms with E-state index < -0.39 is 21.4 Å². The second kappa shape index (κ2) is 7.60. The topological polar surface area (TPSA) is 108 Å². The van der Waals surface area contributed by atoms with Gasteiger partial charge >= 0.3 is 0 Å². The van der Waals surface area contributed by atoms with Crippen molar-refractivity contribution in [3.63, 3.8) is 0 Å². The number of carbonyl (C=O) groups is 1. The van der Waals surface area contributed by atoms with Crippen LogP contribution >= 0.6 is 11.8 Å². The highest BCUT2D eigenvalue weighted by Gasteiger charge is 2.42. The van der Waals surface area contributed by atoms with Gasteiger partial charge in [0.05, 0.1) is 17.9 Å². The molecule has 0 saturated heterocycles. The minimum Gasteiger partial charge on any atom is -0.364 e. The minimum atomic E-state index is -3.72. The van der Waals surface area contributed by atoms with Crippen molar-refractivity contribution < 1.29 is 13.2 Å². The average molecular weight is 395 g/mol. The fraction of sp³-hybridized carbons (Fsp3) is 0.412. The highest BCUT2D eigenvalue weighted by molar-refractivity contribution is 8.04. The molecule has 1 aliphatic heterocycles. The number of nitriles is 1. The largest absolute Gasteiger partial charge is 0.364 e. The molecule has 2 N–H and O–H groups in total. The first-order chi connectivity index (χ1) is 12.1. The zero-order chi connectivity index (χ0) is 19.6. The second-order valence-corrected chi connectivity index (χ2v) is 9.61. The maximum Gasteiger partial charge on any atom is 0.266 e. The summed E-state index contributed by atoms with van der Waals surface area (Å²) in [6, 6.07) is 8.99. The molecule has 0 saturated carbocycles. The average Bonchev–Trinajstić information content (AvgIpc) is 2.90. The number of primary amides is 1. The number of sulfonamides is 1. The summed E-state index contributed by atoms with van der Waals surface area (Å²) in [5.74, 6) is -0.530. The molecule has 0 fully saturated rings. The van der Waals surface area contributed by atoms with Crippen molar-refractivity contribution in [2.45, 2.75) is 26.3 Å². The third-order valence-corrected chi connectivity index (χ3v) is 6.24. The second-order valence-electron chi connectivity index (χ2n) is 6.48. The number of hydrogen-bond acceptors (Lipinski definition) is 6. The molecular weight excluding hydrogens is 372 g/mol. The third kappa shape index (κ3) is 4.14.